The van der Waals surface area contributed by atoms with Gasteiger partial charge in [-0.1, -0.05) is 56.0 Å². The van der Waals surface area contributed by atoms with Gasteiger partial charge in [0.25, 0.3) is 0 Å². The van der Waals surface area contributed by atoms with Crippen molar-refractivity contribution in [3.63, 3.8) is 0 Å². The molecule has 0 fully saturated rings. The van der Waals surface area contributed by atoms with Crippen molar-refractivity contribution >= 4 is 50.6 Å². The molecule has 0 amide bonds. The molecule has 6 aromatic rings. The number of nitrogens with one attached hydrogen (secondary N) is 1. The fourth-order valence-corrected chi connectivity index (χ4v) is 6.73. The first-order valence-corrected chi connectivity index (χ1v) is 16.6. The summed E-state index contributed by atoms with van der Waals surface area (Å²) in [4.78, 5) is 7.75. The highest BCUT2D eigenvalue weighted by molar-refractivity contribution is 7.26. The van der Waals surface area contributed by atoms with E-state index in [2.05, 4.69) is 101 Å². The van der Waals surface area contributed by atoms with Crippen LogP contribution in [0.5, 0.6) is 0 Å². The average Bonchev–Trinajstić information content (AvgIpc) is 3.57. The highest BCUT2D eigenvalue weighted by atomic mass is 32.1. The molecule has 6 rings (SSSR count). The topological polar surface area (TPSA) is 42.8 Å². The van der Waals surface area contributed by atoms with Crippen LogP contribution in [0.15, 0.2) is 79.1 Å². The predicted octanol–water partition coefficient (Wildman–Crippen LogP) is 8.38. The molecule has 4 heterocycles. The van der Waals surface area contributed by atoms with E-state index in [9.17, 15) is 0 Å². The minimum Gasteiger partial charge on any atom is -0.361 e. The van der Waals surface area contributed by atoms with Crippen LogP contribution in [0.4, 0.5) is 0 Å². The van der Waals surface area contributed by atoms with E-state index in [1.165, 1.54) is 37.0 Å². The Bertz CT molecular complexity index is 1650. The van der Waals surface area contributed by atoms with Crippen molar-refractivity contribution in [3.05, 3.63) is 79.1 Å². The number of rotatable bonds is 7. The van der Waals surface area contributed by atoms with Crippen molar-refractivity contribution in [2.24, 2.45) is 0 Å². The summed E-state index contributed by atoms with van der Waals surface area (Å²) >= 11 is 1.87. The monoisotopic (exact) mass is 495 g/mol. The second-order valence-corrected chi connectivity index (χ2v) is 16.9. The fourth-order valence-electron chi connectivity index (χ4n) is 4.74. The molecule has 0 aliphatic heterocycles. The number of benzene rings is 2. The number of aromatic amines is 1. The Hall–Kier alpha value is -3.19. The van der Waals surface area contributed by atoms with Gasteiger partial charge in [0.05, 0.1) is 11.4 Å². The Morgan fingerprint density at radius 2 is 1.66 bits per heavy atom. The van der Waals surface area contributed by atoms with E-state index in [1.807, 2.05) is 23.7 Å². The maximum atomic E-state index is 6.32. The number of fused-ring (bicyclic) bond motifs is 4. The molecule has 0 saturated heterocycles. The molecule has 0 unspecified atom stereocenters. The van der Waals surface area contributed by atoms with Crippen LogP contribution in [0.3, 0.4) is 0 Å². The molecule has 2 aromatic carbocycles. The standard InChI is InChI=1S/C29H29N3OSSi/c1-35(2,3)18-17-33-19-32-25(20-13-15-30-29-23(20)14-16-31-29)11-12-26(32)24-9-6-8-22-21-7-4-5-10-27(21)34-28(22)24/h4-16H,17-19H2,1-3H3,(H,30,31). The van der Waals surface area contributed by atoms with Gasteiger partial charge in [-0.3, -0.25) is 0 Å². The molecule has 176 valence electrons. The second kappa shape index (κ2) is 8.79. The van der Waals surface area contributed by atoms with Gasteiger partial charge < -0.3 is 14.3 Å². The summed E-state index contributed by atoms with van der Waals surface area (Å²) in [6, 6.07) is 25.2. The summed E-state index contributed by atoms with van der Waals surface area (Å²) in [6.07, 6.45) is 3.84. The number of nitrogens with zero attached hydrogens (tertiary/aromatic N) is 2. The number of H-pyrrole nitrogens is 1. The van der Waals surface area contributed by atoms with Crippen molar-refractivity contribution in [2.75, 3.05) is 6.61 Å². The van der Waals surface area contributed by atoms with Gasteiger partial charge in [0, 0.05) is 63.8 Å². The number of pyridine rings is 1. The minimum absolute atomic E-state index is 0.525. The smallest absolute Gasteiger partial charge is 0.137 e. The Morgan fingerprint density at radius 1 is 0.857 bits per heavy atom. The Morgan fingerprint density at radius 3 is 2.51 bits per heavy atom. The summed E-state index contributed by atoms with van der Waals surface area (Å²) in [5.41, 5.74) is 5.66. The van der Waals surface area contributed by atoms with Crippen molar-refractivity contribution < 1.29 is 4.74 Å². The maximum absolute atomic E-state index is 6.32. The van der Waals surface area contributed by atoms with Crippen LogP contribution in [-0.2, 0) is 11.5 Å². The zero-order chi connectivity index (χ0) is 24.0. The van der Waals surface area contributed by atoms with Crippen molar-refractivity contribution in [2.45, 2.75) is 32.4 Å². The third kappa shape index (κ3) is 4.12. The lowest BCUT2D eigenvalue weighted by atomic mass is 10.1. The van der Waals surface area contributed by atoms with Crippen LogP contribution >= 0.6 is 11.3 Å². The largest absolute Gasteiger partial charge is 0.361 e. The molecule has 0 aliphatic rings. The normalized spacial score (nSPS) is 12.3. The summed E-state index contributed by atoms with van der Waals surface area (Å²) in [5.74, 6) is 0. The average molecular weight is 496 g/mol. The molecule has 0 bridgehead atoms. The van der Waals surface area contributed by atoms with Gasteiger partial charge in [0.1, 0.15) is 12.4 Å². The van der Waals surface area contributed by atoms with Crippen LogP contribution in [0, 0.1) is 0 Å². The number of hydrogen-bond acceptors (Lipinski definition) is 3. The number of aromatic nitrogens is 3. The molecule has 0 spiro atoms. The fraction of sp³-hybridized carbons (Fsp3) is 0.207. The molecule has 1 N–H and O–H groups in total. The van der Waals surface area contributed by atoms with Crippen LogP contribution in [-0.4, -0.2) is 29.2 Å². The second-order valence-electron chi connectivity index (χ2n) is 10.3. The molecular weight excluding hydrogens is 466 g/mol. The quantitative estimate of drug-likeness (QED) is 0.178. The molecule has 4 nitrogen and oxygen atoms in total. The van der Waals surface area contributed by atoms with Crippen molar-refractivity contribution in [1.82, 2.24) is 14.5 Å². The molecule has 0 atom stereocenters. The maximum Gasteiger partial charge on any atom is 0.137 e. The Balaban J connectivity index is 1.50. The first-order valence-electron chi connectivity index (χ1n) is 12.1. The lowest BCUT2D eigenvalue weighted by molar-refractivity contribution is 0.0896. The van der Waals surface area contributed by atoms with E-state index in [0.717, 1.165) is 29.4 Å². The van der Waals surface area contributed by atoms with Gasteiger partial charge >= 0.3 is 0 Å². The molecular formula is C29H29N3OSSi. The predicted molar refractivity (Wildman–Crippen MR) is 152 cm³/mol. The molecule has 0 radical (unpaired) electrons. The van der Waals surface area contributed by atoms with E-state index in [-0.39, 0.29) is 0 Å². The number of thiophene rings is 1. The van der Waals surface area contributed by atoms with Gasteiger partial charge in [-0.25, -0.2) is 4.98 Å². The van der Waals surface area contributed by atoms with E-state index in [1.54, 1.807) is 0 Å². The van der Waals surface area contributed by atoms with Gasteiger partial charge in [0.15, 0.2) is 0 Å². The van der Waals surface area contributed by atoms with Crippen LogP contribution < -0.4 is 0 Å². The first kappa shape index (κ1) is 22.3. The van der Waals surface area contributed by atoms with Gasteiger partial charge in [-0.2, -0.15) is 0 Å². The van der Waals surface area contributed by atoms with Gasteiger partial charge in [-0.05, 0) is 36.4 Å². The zero-order valence-corrected chi connectivity index (χ0v) is 22.2. The summed E-state index contributed by atoms with van der Waals surface area (Å²) < 4.78 is 11.3. The highest BCUT2D eigenvalue weighted by Crippen LogP contribution is 2.41. The van der Waals surface area contributed by atoms with E-state index in [0.29, 0.717) is 6.73 Å². The Kier molecular flexibility index (Phi) is 5.59. The molecule has 35 heavy (non-hydrogen) atoms. The van der Waals surface area contributed by atoms with E-state index < -0.39 is 8.07 Å². The molecule has 0 saturated carbocycles. The third-order valence-electron chi connectivity index (χ3n) is 6.61. The van der Waals surface area contributed by atoms with Gasteiger partial charge in [0.2, 0.25) is 0 Å². The van der Waals surface area contributed by atoms with Crippen molar-refractivity contribution in [1.29, 1.82) is 0 Å². The van der Waals surface area contributed by atoms with Crippen LogP contribution in [0.25, 0.3) is 53.7 Å². The van der Waals surface area contributed by atoms with Crippen LogP contribution in [0.2, 0.25) is 25.7 Å². The summed E-state index contributed by atoms with van der Waals surface area (Å²) in [6.45, 7) is 8.49. The zero-order valence-electron chi connectivity index (χ0n) is 20.3. The minimum atomic E-state index is -1.16. The van der Waals surface area contributed by atoms with Crippen molar-refractivity contribution in [3.8, 4) is 22.5 Å². The lowest BCUT2D eigenvalue weighted by Crippen LogP contribution is -2.22. The van der Waals surface area contributed by atoms with Gasteiger partial charge in [-0.15, -0.1) is 11.3 Å². The summed E-state index contributed by atoms with van der Waals surface area (Å²) in [7, 11) is -1.16. The first-order chi connectivity index (χ1) is 17.0. The molecule has 0 aliphatic carbocycles. The lowest BCUT2D eigenvalue weighted by Gasteiger charge is -2.18. The van der Waals surface area contributed by atoms with E-state index in [4.69, 9.17) is 4.74 Å². The molecule has 6 heteroatoms. The number of ether oxygens (including phenoxy) is 1. The Labute approximate surface area is 210 Å². The van der Waals surface area contributed by atoms with Crippen LogP contribution in [0.1, 0.15) is 0 Å². The SMILES string of the molecule is C[Si](C)(C)CCOCn1c(-c2ccnc3[nH]ccc23)ccc1-c1cccc2c1sc1ccccc12. The molecule has 4 aromatic heterocycles. The highest BCUT2D eigenvalue weighted by Gasteiger charge is 2.18. The third-order valence-corrected chi connectivity index (χ3v) is 9.54. The van der Waals surface area contributed by atoms with E-state index >= 15 is 0 Å². The number of hydrogen-bond donors (Lipinski definition) is 1. The summed E-state index contributed by atoms with van der Waals surface area (Å²) in [5, 5.41) is 3.76.